The lowest BCUT2D eigenvalue weighted by Crippen LogP contribution is -2.27. The van der Waals surface area contributed by atoms with Crippen LogP contribution in [0, 0.1) is 0 Å². The molecule has 5 rings (SSSR count). The summed E-state index contributed by atoms with van der Waals surface area (Å²) >= 11 is 6.27. The van der Waals surface area contributed by atoms with Gasteiger partial charge in [-0.3, -0.25) is 4.79 Å². The number of rotatable bonds is 3. The quantitative estimate of drug-likeness (QED) is 0.408. The van der Waals surface area contributed by atoms with Gasteiger partial charge in [-0.2, -0.15) is 5.10 Å². The normalized spacial score (nSPS) is 15.8. The van der Waals surface area contributed by atoms with Crippen LogP contribution in [0.15, 0.2) is 99.2 Å². The number of halogens is 1. The van der Waals surface area contributed by atoms with Gasteiger partial charge in [0.15, 0.2) is 0 Å². The summed E-state index contributed by atoms with van der Waals surface area (Å²) in [6.07, 6.45) is 0.392. The van der Waals surface area contributed by atoms with E-state index >= 15 is 0 Å². The van der Waals surface area contributed by atoms with Gasteiger partial charge in [0.25, 0.3) is 5.91 Å². The zero-order valence-corrected chi connectivity index (χ0v) is 17.1. The highest BCUT2D eigenvalue weighted by molar-refractivity contribution is 6.33. The zero-order valence-electron chi connectivity index (χ0n) is 16.4. The van der Waals surface area contributed by atoms with Gasteiger partial charge in [0.2, 0.25) is 0 Å². The Morgan fingerprint density at radius 2 is 1.68 bits per heavy atom. The smallest absolute Gasteiger partial charge is 0.345 e. The SMILES string of the molecule is O=C(c1ccccc1Cl)N1N=C(c2cc3ccccc3oc2=O)CC1c1ccccc1. The Morgan fingerprint density at radius 1 is 0.968 bits per heavy atom. The van der Waals surface area contributed by atoms with Crippen molar-refractivity contribution in [1.82, 2.24) is 5.01 Å². The van der Waals surface area contributed by atoms with E-state index in [9.17, 15) is 9.59 Å². The summed E-state index contributed by atoms with van der Waals surface area (Å²) in [5.41, 5.74) is 2.19. The second-order valence-electron chi connectivity index (χ2n) is 7.29. The predicted molar refractivity (Wildman–Crippen MR) is 120 cm³/mol. The first-order chi connectivity index (χ1) is 15.1. The summed E-state index contributed by atoms with van der Waals surface area (Å²) in [4.78, 5) is 26.1. The number of hydrogen-bond acceptors (Lipinski definition) is 4. The molecule has 0 radical (unpaired) electrons. The first-order valence-corrected chi connectivity index (χ1v) is 10.2. The number of hydrazone groups is 1. The van der Waals surface area contributed by atoms with Crippen molar-refractivity contribution in [3.63, 3.8) is 0 Å². The number of benzene rings is 3. The molecule has 1 atom stereocenters. The van der Waals surface area contributed by atoms with Crippen molar-refractivity contribution in [2.24, 2.45) is 5.10 Å². The van der Waals surface area contributed by atoms with Crippen LogP contribution in [0.1, 0.15) is 33.9 Å². The lowest BCUT2D eigenvalue weighted by molar-refractivity contribution is 0.0711. The molecule has 0 saturated carbocycles. The van der Waals surface area contributed by atoms with E-state index in [0.29, 0.717) is 33.9 Å². The van der Waals surface area contributed by atoms with Crippen molar-refractivity contribution >= 4 is 34.2 Å². The van der Waals surface area contributed by atoms with Crippen LogP contribution in [-0.4, -0.2) is 16.6 Å². The highest BCUT2D eigenvalue weighted by Crippen LogP contribution is 2.34. The molecule has 3 aromatic carbocycles. The minimum atomic E-state index is -0.476. The van der Waals surface area contributed by atoms with Gasteiger partial charge in [-0.25, -0.2) is 9.80 Å². The van der Waals surface area contributed by atoms with Gasteiger partial charge in [0.1, 0.15) is 5.58 Å². The summed E-state index contributed by atoms with van der Waals surface area (Å²) < 4.78 is 5.48. The molecule has 152 valence electrons. The highest BCUT2D eigenvalue weighted by atomic mass is 35.5. The molecule has 31 heavy (non-hydrogen) atoms. The molecule has 0 bridgehead atoms. The fraction of sp³-hybridized carbons (Fsp3) is 0.0800. The third kappa shape index (κ3) is 3.53. The largest absolute Gasteiger partial charge is 0.422 e. The topological polar surface area (TPSA) is 62.9 Å². The number of amides is 1. The monoisotopic (exact) mass is 428 g/mol. The van der Waals surface area contributed by atoms with E-state index in [1.807, 2.05) is 48.5 Å². The van der Waals surface area contributed by atoms with Gasteiger partial charge < -0.3 is 4.42 Å². The lowest BCUT2D eigenvalue weighted by Gasteiger charge is -2.22. The summed E-state index contributed by atoms with van der Waals surface area (Å²) in [7, 11) is 0. The molecule has 1 aliphatic heterocycles. The summed E-state index contributed by atoms with van der Waals surface area (Å²) in [6.45, 7) is 0. The summed E-state index contributed by atoms with van der Waals surface area (Å²) in [5.74, 6) is -0.320. The van der Waals surface area contributed by atoms with Crippen LogP contribution in [0.4, 0.5) is 0 Å². The van der Waals surface area contributed by atoms with Gasteiger partial charge >= 0.3 is 5.63 Å². The van der Waals surface area contributed by atoms with E-state index in [2.05, 4.69) is 5.10 Å². The summed E-state index contributed by atoms with van der Waals surface area (Å²) in [5, 5.41) is 7.15. The Morgan fingerprint density at radius 3 is 2.48 bits per heavy atom. The molecule has 0 aliphatic carbocycles. The Balaban J connectivity index is 1.62. The third-order valence-electron chi connectivity index (χ3n) is 5.36. The summed E-state index contributed by atoms with van der Waals surface area (Å²) in [6, 6.07) is 25.2. The van der Waals surface area contributed by atoms with Crippen LogP contribution in [-0.2, 0) is 0 Å². The van der Waals surface area contributed by atoms with Crippen molar-refractivity contribution in [1.29, 1.82) is 0 Å². The van der Waals surface area contributed by atoms with Crippen molar-refractivity contribution < 1.29 is 9.21 Å². The fourth-order valence-electron chi connectivity index (χ4n) is 3.82. The van der Waals surface area contributed by atoms with Crippen LogP contribution in [0.5, 0.6) is 0 Å². The van der Waals surface area contributed by atoms with E-state index in [4.69, 9.17) is 16.0 Å². The number of para-hydroxylation sites is 1. The molecule has 0 fully saturated rings. The van der Waals surface area contributed by atoms with Gasteiger partial charge in [-0.1, -0.05) is 72.3 Å². The molecule has 0 saturated heterocycles. The predicted octanol–water partition coefficient (Wildman–Crippen LogP) is 5.44. The zero-order chi connectivity index (χ0) is 21.4. The second-order valence-corrected chi connectivity index (χ2v) is 7.70. The van der Waals surface area contributed by atoms with Crippen LogP contribution >= 0.6 is 11.6 Å². The third-order valence-corrected chi connectivity index (χ3v) is 5.69. The Bertz CT molecular complexity index is 1380. The maximum absolute atomic E-state index is 13.4. The number of carbonyl (C=O) groups is 1. The minimum absolute atomic E-state index is 0.320. The fourth-order valence-corrected chi connectivity index (χ4v) is 4.03. The van der Waals surface area contributed by atoms with Crippen molar-refractivity contribution in [3.8, 4) is 0 Å². The van der Waals surface area contributed by atoms with Gasteiger partial charge in [-0.05, 0) is 29.8 Å². The Labute approximate surface area is 183 Å². The number of fused-ring (bicyclic) bond motifs is 1. The van der Waals surface area contributed by atoms with E-state index in [1.165, 1.54) is 5.01 Å². The Kier molecular flexibility index (Phi) is 4.88. The van der Waals surface area contributed by atoms with Crippen molar-refractivity contribution in [3.05, 3.63) is 117 Å². The average molecular weight is 429 g/mol. The first kappa shape index (κ1) is 19.3. The second kappa shape index (κ2) is 7.85. The molecule has 4 aromatic rings. The number of carbonyl (C=O) groups excluding carboxylic acids is 1. The van der Waals surface area contributed by atoms with Gasteiger partial charge in [0, 0.05) is 11.8 Å². The van der Waals surface area contributed by atoms with E-state index in [-0.39, 0.29) is 11.9 Å². The molecule has 0 spiro atoms. The maximum Gasteiger partial charge on any atom is 0.345 e. The van der Waals surface area contributed by atoms with Crippen LogP contribution < -0.4 is 5.63 Å². The lowest BCUT2D eigenvalue weighted by atomic mass is 9.98. The van der Waals surface area contributed by atoms with E-state index in [0.717, 1.165) is 10.9 Å². The molecule has 2 heterocycles. The molecular formula is C25H17ClN2O3. The molecule has 1 aliphatic rings. The van der Waals surface area contributed by atoms with Gasteiger partial charge in [-0.15, -0.1) is 0 Å². The highest BCUT2D eigenvalue weighted by Gasteiger charge is 2.35. The molecule has 0 N–H and O–H groups in total. The first-order valence-electron chi connectivity index (χ1n) is 9.85. The van der Waals surface area contributed by atoms with Crippen molar-refractivity contribution in [2.75, 3.05) is 0 Å². The maximum atomic E-state index is 13.4. The number of hydrogen-bond donors (Lipinski definition) is 0. The molecule has 6 heteroatoms. The average Bonchev–Trinajstić information content (AvgIpc) is 3.24. The van der Waals surface area contributed by atoms with E-state index in [1.54, 1.807) is 36.4 Å². The van der Waals surface area contributed by atoms with Crippen LogP contribution in [0.3, 0.4) is 0 Å². The molecule has 5 nitrogen and oxygen atoms in total. The van der Waals surface area contributed by atoms with Crippen LogP contribution in [0.2, 0.25) is 5.02 Å². The molecular weight excluding hydrogens is 412 g/mol. The Hall–Kier alpha value is -3.70. The number of nitrogens with zero attached hydrogens (tertiary/aromatic N) is 2. The standard InChI is InChI=1S/C25H17ClN2O3/c26-20-12-6-5-11-18(20)24(29)28-22(16-8-2-1-3-9-16)15-21(27-28)19-14-17-10-4-7-13-23(17)31-25(19)30/h1-14,22H,15H2. The van der Waals surface area contributed by atoms with E-state index < -0.39 is 5.63 Å². The molecule has 1 amide bonds. The molecule has 1 unspecified atom stereocenters. The van der Waals surface area contributed by atoms with Crippen molar-refractivity contribution in [2.45, 2.75) is 12.5 Å². The van der Waals surface area contributed by atoms with Gasteiger partial charge in [0.05, 0.1) is 27.9 Å². The minimum Gasteiger partial charge on any atom is -0.422 e. The molecule has 1 aromatic heterocycles. The van der Waals surface area contributed by atoms with Crippen LogP contribution in [0.25, 0.3) is 11.0 Å².